The monoisotopic (exact) mass is 262 g/mol. The number of nitrogens with zero attached hydrogens (tertiary/aromatic N) is 1. The van der Waals surface area contributed by atoms with Gasteiger partial charge >= 0.3 is 0 Å². The lowest BCUT2D eigenvalue weighted by molar-refractivity contribution is -0.136. The standard InChI is InChI=1S/C14H18N2O3/c17-10-19-13(8-12-3-1-2-5-16-12)7-11-4-6-15-9-14(11)18/h1-3,5,10-11,13,15H,4,6-9H2. The van der Waals surface area contributed by atoms with Crippen LogP contribution in [0.5, 0.6) is 0 Å². The van der Waals surface area contributed by atoms with E-state index in [1.54, 1.807) is 6.20 Å². The number of carbonyl (C=O) groups excluding carboxylic acids is 2. The van der Waals surface area contributed by atoms with Gasteiger partial charge in [-0.3, -0.25) is 14.6 Å². The molecule has 0 radical (unpaired) electrons. The average Bonchev–Trinajstić information content (AvgIpc) is 2.43. The van der Waals surface area contributed by atoms with E-state index in [1.165, 1.54) is 0 Å². The van der Waals surface area contributed by atoms with E-state index in [-0.39, 0.29) is 17.8 Å². The number of nitrogens with one attached hydrogen (secondary N) is 1. The van der Waals surface area contributed by atoms with Crippen molar-refractivity contribution in [3.63, 3.8) is 0 Å². The lowest BCUT2D eigenvalue weighted by atomic mass is 9.89. The third-order valence-electron chi connectivity index (χ3n) is 3.38. The van der Waals surface area contributed by atoms with Crippen LogP contribution in [0.1, 0.15) is 18.5 Å². The molecule has 1 aliphatic rings. The van der Waals surface area contributed by atoms with Crippen LogP contribution in [-0.4, -0.2) is 36.4 Å². The van der Waals surface area contributed by atoms with E-state index in [0.717, 1.165) is 18.7 Å². The summed E-state index contributed by atoms with van der Waals surface area (Å²) in [6.07, 6.45) is 3.37. The fourth-order valence-corrected chi connectivity index (χ4v) is 2.38. The number of Topliss-reactive ketones (excluding diaryl/α,β-unsaturated/α-hetero) is 1. The molecule has 2 atom stereocenters. The summed E-state index contributed by atoms with van der Waals surface area (Å²) >= 11 is 0. The van der Waals surface area contributed by atoms with Crippen LogP contribution in [0, 0.1) is 5.92 Å². The number of rotatable bonds is 6. The molecule has 1 fully saturated rings. The first-order chi connectivity index (χ1) is 9.29. The maximum Gasteiger partial charge on any atom is 0.293 e. The molecular weight excluding hydrogens is 244 g/mol. The van der Waals surface area contributed by atoms with Gasteiger partial charge in [0.15, 0.2) is 0 Å². The molecule has 5 heteroatoms. The third-order valence-corrected chi connectivity index (χ3v) is 3.38. The highest BCUT2D eigenvalue weighted by Gasteiger charge is 2.26. The average molecular weight is 262 g/mol. The summed E-state index contributed by atoms with van der Waals surface area (Å²) in [6, 6.07) is 5.64. The largest absolute Gasteiger partial charge is 0.464 e. The van der Waals surface area contributed by atoms with Gasteiger partial charge in [0.1, 0.15) is 11.9 Å². The molecule has 1 aromatic rings. The van der Waals surface area contributed by atoms with Crippen molar-refractivity contribution < 1.29 is 14.3 Å². The van der Waals surface area contributed by atoms with Crippen molar-refractivity contribution in [2.45, 2.75) is 25.4 Å². The molecule has 0 spiro atoms. The Balaban J connectivity index is 1.95. The molecule has 0 aromatic carbocycles. The van der Waals surface area contributed by atoms with Crippen molar-refractivity contribution in [1.82, 2.24) is 10.3 Å². The normalized spacial score (nSPS) is 20.8. The Kier molecular flexibility index (Phi) is 5.03. The predicted molar refractivity (Wildman–Crippen MR) is 69.5 cm³/mol. The van der Waals surface area contributed by atoms with E-state index >= 15 is 0 Å². The summed E-state index contributed by atoms with van der Waals surface area (Å²) in [5.74, 6) is 0.182. The number of carbonyl (C=O) groups is 2. The summed E-state index contributed by atoms with van der Waals surface area (Å²) < 4.78 is 5.10. The minimum atomic E-state index is -0.278. The SMILES string of the molecule is O=COC(Cc1ccccn1)CC1CCNCC1=O. The Labute approximate surface area is 112 Å². The van der Waals surface area contributed by atoms with Gasteiger partial charge in [-0.25, -0.2) is 0 Å². The van der Waals surface area contributed by atoms with Gasteiger partial charge in [-0.05, 0) is 31.5 Å². The van der Waals surface area contributed by atoms with Gasteiger partial charge in [-0.2, -0.15) is 0 Å². The van der Waals surface area contributed by atoms with Crippen molar-refractivity contribution >= 4 is 12.3 Å². The number of aromatic nitrogens is 1. The summed E-state index contributed by atoms with van der Waals surface area (Å²) in [5.41, 5.74) is 0.871. The van der Waals surface area contributed by atoms with E-state index in [0.29, 0.717) is 25.9 Å². The number of hydrogen-bond donors (Lipinski definition) is 1. The van der Waals surface area contributed by atoms with Crippen molar-refractivity contribution in [2.24, 2.45) is 5.92 Å². The van der Waals surface area contributed by atoms with E-state index in [9.17, 15) is 9.59 Å². The highest BCUT2D eigenvalue weighted by molar-refractivity contribution is 5.83. The Bertz CT molecular complexity index is 422. The molecule has 2 unspecified atom stereocenters. The van der Waals surface area contributed by atoms with Gasteiger partial charge in [-0.15, -0.1) is 0 Å². The molecule has 1 saturated heterocycles. The molecule has 2 rings (SSSR count). The molecular formula is C14H18N2O3. The Hall–Kier alpha value is -1.75. The Morgan fingerprint density at radius 2 is 2.42 bits per heavy atom. The van der Waals surface area contributed by atoms with Crippen LogP contribution in [0.4, 0.5) is 0 Å². The maximum absolute atomic E-state index is 11.8. The highest BCUT2D eigenvalue weighted by atomic mass is 16.5. The first kappa shape index (κ1) is 13.7. The van der Waals surface area contributed by atoms with Crippen molar-refractivity contribution in [1.29, 1.82) is 0 Å². The van der Waals surface area contributed by atoms with Crippen molar-refractivity contribution in [3.05, 3.63) is 30.1 Å². The van der Waals surface area contributed by atoms with Crippen molar-refractivity contribution in [2.75, 3.05) is 13.1 Å². The zero-order valence-electron chi connectivity index (χ0n) is 10.7. The first-order valence-electron chi connectivity index (χ1n) is 6.52. The number of ketones is 1. The Morgan fingerprint density at radius 1 is 1.53 bits per heavy atom. The van der Waals surface area contributed by atoms with Crippen LogP contribution in [0.2, 0.25) is 0 Å². The third kappa shape index (κ3) is 4.13. The highest BCUT2D eigenvalue weighted by Crippen LogP contribution is 2.19. The van der Waals surface area contributed by atoms with Crippen LogP contribution >= 0.6 is 0 Å². The molecule has 19 heavy (non-hydrogen) atoms. The molecule has 102 valence electrons. The number of pyridine rings is 1. The van der Waals surface area contributed by atoms with Gasteiger partial charge in [-0.1, -0.05) is 6.07 Å². The molecule has 1 N–H and O–H groups in total. The van der Waals surface area contributed by atoms with E-state index in [1.807, 2.05) is 18.2 Å². The number of piperidine rings is 1. The lowest BCUT2D eigenvalue weighted by Gasteiger charge is -2.25. The summed E-state index contributed by atoms with van der Waals surface area (Å²) in [5, 5.41) is 3.05. The summed E-state index contributed by atoms with van der Waals surface area (Å²) in [4.78, 5) is 26.6. The smallest absolute Gasteiger partial charge is 0.293 e. The van der Waals surface area contributed by atoms with Gasteiger partial charge in [0.25, 0.3) is 6.47 Å². The minimum Gasteiger partial charge on any atom is -0.464 e. The van der Waals surface area contributed by atoms with Gasteiger partial charge in [0, 0.05) is 24.2 Å². The van der Waals surface area contributed by atoms with Gasteiger partial charge in [0.2, 0.25) is 0 Å². The van der Waals surface area contributed by atoms with Gasteiger partial charge in [0.05, 0.1) is 6.54 Å². The molecule has 1 aromatic heterocycles. The second-order valence-corrected chi connectivity index (χ2v) is 4.74. The van der Waals surface area contributed by atoms with Crippen LogP contribution in [0.15, 0.2) is 24.4 Å². The van der Waals surface area contributed by atoms with Gasteiger partial charge < -0.3 is 10.1 Å². The van der Waals surface area contributed by atoms with Crippen LogP contribution in [0.3, 0.4) is 0 Å². The molecule has 0 bridgehead atoms. The first-order valence-corrected chi connectivity index (χ1v) is 6.52. The summed E-state index contributed by atoms with van der Waals surface area (Å²) in [6.45, 7) is 1.72. The number of hydrogen-bond acceptors (Lipinski definition) is 5. The predicted octanol–water partition coefficient (Wildman–Crippen LogP) is 0.734. The lowest BCUT2D eigenvalue weighted by Crippen LogP contribution is -2.39. The van der Waals surface area contributed by atoms with Crippen LogP contribution in [0.25, 0.3) is 0 Å². The zero-order valence-corrected chi connectivity index (χ0v) is 10.7. The maximum atomic E-state index is 11.8. The van der Waals surface area contributed by atoms with E-state index < -0.39 is 0 Å². The molecule has 0 saturated carbocycles. The number of ether oxygens (including phenoxy) is 1. The molecule has 0 aliphatic carbocycles. The van der Waals surface area contributed by atoms with E-state index in [2.05, 4.69) is 10.3 Å². The molecule has 5 nitrogen and oxygen atoms in total. The quantitative estimate of drug-likeness (QED) is 0.766. The van der Waals surface area contributed by atoms with E-state index in [4.69, 9.17) is 4.74 Å². The topological polar surface area (TPSA) is 68.3 Å². The fourth-order valence-electron chi connectivity index (χ4n) is 2.38. The molecule has 2 heterocycles. The van der Waals surface area contributed by atoms with Crippen LogP contribution in [-0.2, 0) is 20.7 Å². The van der Waals surface area contributed by atoms with Crippen molar-refractivity contribution in [3.8, 4) is 0 Å². The van der Waals surface area contributed by atoms with Crippen LogP contribution < -0.4 is 5.32 Å². The molecule has 1 aliphatic heterocycles. The summed E-state index contributed by atoms with van der Waals surface area (Å²) in [7, 11) is 0. The minimum absolute atomic E-state index is 0.0186. The fraction of sp³-hybridized carbons (Fsp3) is 0.500. The second kappa shape index (κ2) is 6.99. The zero-order chi connectivity index (χ0) is 13.5. The molecule has 0 amide bonds. The second-order valence-electron chi connectivity index (χ2n) is 4.74. The Morgan fingerprint density at radius 3 is 3.11 bits per heavy atom.